The summed E-state index contributed by atoms with van der Waals surface area (Å²) in [6.07, 6.45) is -0.496. The zero-order chi connectivity index (χ0) is 14.5. The quantitative estimate of drug-likeness (QED) is 0.828. The van der Waals surface area contributed by atoms with E-state index in [1.54, 1.807) is 0 Å². The van der Waals surface area contributed by atoms with E-state index in [0.29, 0.717) is 19.1 Å². The SMILES string of the molecule is CC(C)c1ccc(NCC(O)COC(C)(C)C)cc1. The molecule has 108 valence electrons. The van der Waals surface area contributed by atoms with Gasteiger partial charge in [0.15, 0.2) is 0 Å². The van der Waals surface area contributed by atoms with Gasteiger partial charge in [-0.1, -0.05) is 26.0 Å². The summed E-state index contributed by atoms with van der Waals surface area (Å²) in [7, 11) is 0. The first-order valence-corrected chi connectivity index (χ1v) is 6.94. The average Bonchev–Trinajstić information content (AvgIpc) is 2.33. The Morgan fingerprint density at radius 1 is 1.16 bits per heavy atom. The van der Waals surface area contributed by atoms with E-state index in [4.69, 9.17) is 4.74 Å². The van der Waals surface area contributed by atoms with Gasteiger partial charge in [-0.2, -0.15) is 0 Å². The van der Waals surface area contributed by atoms with Gasteiger partial charge in [0.25, 0.3) is 0 Å². The normalized spacial score (nSPS) is 13.6. The van der Waals surface area contributed by atoms with Crippen LogP contribution in [0.3, 0.4) is 0 Å². The molecule has 3 heteroatoms. The first kappa shape index (κ1) is 16.0. The van der Waals surface area contributed by atoms with Gasteiger partial charge in [-0.15, -0.1) is 0 Å². The predicted molar refractivity (Wildman–Crippen MR) is 80.7 cm³/mol. The number of aliphatic hydroxyl groups is 1. The van der Waals surface area contributed by atoms with Crippen molar-refractivity contribution in [2.24, 2.45) is 0 Å². The van der Waals surface area contributed by atoms with Gasteiger partial charge in [0.1, 0.15) is 0 Å². The summed E-state index contributed by atoms with van der Waals surface area (Å²) in [5, 5.41) is 13.0. The van der Waals surface area contributed by atoms with E-state index in [0.717, 1.165) is 5.69 Å². The molecule has 0 radical (unpaired) electrons. The largest absolute Gasteiger partial charge is 0.389 e. The average molecular weight is 265 g/mol. The first-order chi connectivity index (χ1) is 8.78. The predicted octanol–water partition coefficient (Wildman–Crippen LogP) is 3.40. The Hall–Kier alpha value is -1.06. The van der Waals surface area contributed by atoms with Crippen LogP contribution in [0.2, 0.25) is 0 Å². The molecule has 0 bridgehead atoms. The van der Waals surface area contributed by atoms with Crippen LogP contribution in [0.25, 0.3) is 0 Å². The second-order valence-corrected chi connectivity index (χ2v) is 6.23. The topological polar surface area (TPSA) is 41.5 Å². The number of aliphatic hydroxyl groups excluding tert-OH is 1. The molecule has 1 unspecified atom stereocenters. The lowest BCUT2D eigenvalue weighted by Gasteiger charge is -2.22. The Labute approximate surface area is 117 Å². The highest BCUT2D eigenvalue weighted by molar-refractivity contribution is 5.45. The highest BCUT2D eigenvalue weighted by Gasteiger charge is 2.13. The lowest BCUT2D eigenvalue weighted by atomic mass is 10.0. The molecule has 0 fully saturated rings. The van der Waals surface area contributed by atoms with E-state index in [1.807, 2.05) is 32.9 Å². The Kier molecular flexibility index (Phi) is 5.83. The number of nitrogens with one attached hydrogen (secondary N) is 1. The number of benzene rings is 1. The maximum absolute atomic E-state index is 9.83. The third-order valence-corrected chi connectivity index (χ3v) is 2.83. The van der Waals surface area contributed by atoms with Crippen LogP contribution in [-0.2, 0) is 4.74 Å². The summed E-state index contributed by atoms with van der Waals surface area (Å²) in [6.45, 7) is 11.1. The van der Waals surface area contributed by atoms with Crippen molar-refractivity contribution in [1.29, 1.82) is 0 Å². The van der Waals surface area contributed by atoms with Crippen LogP contribution < -0.4 is 5.32 Å². The third-order valence-electron chi connectivity index (χ3n) is 2.83. The number of hydrogen-bond donors (Lipinski definition) is 2. The zero-order valence-corrected chi connectivity index (χ0v) is 12.7. The number of rotatable bonds is 6. The third kappa shape index (κ3) is 6.60. The number of hydrogen-bond acceptors (Lipinski definition) is 3. The number of ether oxygens (including phenoxy) is 1. The Balaban J connectivity index is 2.35. The van der Waals surface area contributed by atoms with Crippen LogP contribution in [0, 0.1) is 0 Å². The van der Waals surface area contributed by atoms with Crippen molar-refractivity contribution in [2.45, 2.75) is 52.2 Å². The minimum atomic E-state index is -0.496. The highest BCUT2D eigenvalue weighted by Crippen LogP contribution is 2.17. The maximum atomic E-state index is 9.83. The zero-order valence-electron chi connectivity index (χ0n) is 12.7. The Bertz CT molecular complexity index is 365. The highest BCUT2D eigenvalue weighted by atomic mass is 16.5. The first-order valence-electron chi connectivity index (χ1n) is 6.94. The molecule has 0 amide bonds. The van der Waals surface area contributed by atoms with Crippen molar-refractivity contribution in [1.82, 2.24) is 0 Å². The van der Waals surface area contributed by atoms with Crippen LogP contribution in [-0.4, -0.2) is 30.0 Å². The van der Waals surface area contributed by atoms with Gasteiger partial charge in [0.2, 0.25) is 0 Å². The van der Waals surface area contributed by atoms with Crippen LogP contribution in [0.1, 0.15) is 46.1 Å². The molecule has 0 saturated heterocycles. The van der Waals surface area contributed by atoms with Gasteiger partial charge in [-0.25, -0.2) is 0 Å². The summed E-state index contributed by atoms with van der Waals surface area (Å²) in [5.41, 5.74) is 2.14. The van der Waals surface area contributed by atoms with E-state index in [-0.39, 0.29) is 5.60 Å². The van der Waals surface area contributed by atoms with Gasteiger partial charge in [-0.3, -0.25) is 0 Å². The standard InChI is InChI=1S/C16H27NO2/c1-12(2)13-6-8-14(9-7-13)17-10-15(18)11-19-16(3,4)5/h6-9,12,15,17-18H,10-11H2,1-5H3. The molecule has 3 nitrogen and oxygen atoms in total. The fourth-order valence-corrected chi connectivity index (χ4v) is 1.63. The van der Waals surface area contributed by atoms with Crippen molar-refractivity contribution in [3.63, 3.8) is 0 Å². The van der Waals surface area contributed by atoms with Crippen molar-refractivity contribution in [3.8, 4) is 0 Å². The van der Waals surface area contributed by atoms with E-state index < -0.39 is 6.10 Å². The molecular formula is C16H27NO2. The van der Waals surface area contributed by atoms with Crippen molar-refractivity contribution < 1.29 is 9.84 Å². The molecule has 0 aliphatic rings. The van der Waals surface area contributed by atoms with Gasteiger partial charge >= 0.3 is 0 Å². The summed E-state index contributed by atoms with van der Waals surface area (Å²) < 4.78 is 5.54. The maximum Gasteiger partial charge on any atom is 0.0945 e. The summed E-state index contributed by atoms with van der Waals surface area (Å²) in [5.74, 6) is 0.542. The molecule has 0 aromatic heterocycles. The molecule has 1 aromatic carbocycles. The molecule has 2 N–H and O–H groups in total. The van der Waals surface area contributed by atoms with Gasteiger partial charge in [0, 0.05) is 12.2 Å². The van der Waals surface area contributed by atoms with Crippen LogP contribution in [0.15, 0.2) is 24.3 Å². The summed E-state index contributed by atoms with van der Waals surface area (Å²) >= 11 is 0. The fraction of sp³-hybridized carbons (Fsp3) is 0.625. The molecule has 0 aliphatic heterocycles. The van der Waals surface area contributed by atoms with Crippen molar-refractivity contribution in [3.05, 3.63) is 29.8 Å². The van der Waals surface area contributed by atoms with E-state index in [9.17, 15) is 5.11 Å². The van der Waals surface area contributed by atoms with Crippen LogP contribution in [0.4, 0.5) is 5.69 Å². The van der Waals surface area contributed by atoms with Gasteiger partial charge in [0.05, 0.1) is 18.3 Å². The number of anilines is 1. The smallest absolute Gasteiger partial charge is 0.0945 e. The fourth-order valence-electron chi connectivity index (χ4n) is 1.63. The van der Waals surface area contributed by atoms with Crippen LogP contribution >= 0.6 is 0 Å². The molecule has 0 spiro atoms. The monoisotopic (exact) mass is 265 g/mol. The molecule has 0 aliphatic carbocycles. The molecule has 19 heavy (non-hydrogen) atoms. The van der Waals surface area contributed by atoms with E-state index in [1.165, 1.54) is 5.56 Å². The second kappa shape index (κ2) is 6.92. The van der Waals surface area contributed by atoms with Gasteiger partial charge < -0.3 is 15.2 Å². The molecular weight excluding hydrogens is 238 g/mol. The molecule has 1 aromatic rings. The Morgan fingerprint density at radius 3 is 2.21 bits per heavy atom. The van der Waals surface area contributed by atoms with E-state index in [2.05, 4.69) is 31.3 Å². The molecule has 0 heterocycles. The summed E-state index contributed by atoms with van der Waals surface area (Å²) in [4.78, 5) is 0. The molecule has 1 rings (SSSR count). The van der Waals surface area contributed by atoms with E-state index >= 15 is 0 Å². The molecule has 1 atom stereocenters. The lowest BCUT2D eigenvalue weighted by molar-refractivity contribution is -0.0449. The second-order valence-electron chi connectivity index (χ2n) is 6.23. The van der Waals surface area contributed by atoms with Crippen molar-refractivity contribution >= 4 is 5.69 Å². The summed E-state index contributed by atoms with van der Waals surface area (Å²) in [6, 6.07) is 8.33. The molecule has 0 saturated carbocycles. The Morgan fingerprint density at radius 2 is 1.74 bits per heavy atom. The minimum Gasteiger partial charge on any atom is -0.389 e. The van der Waals surface area contributed by atoms with Crippen molar-refractivity contribution in [2.75, 3.05) is 18.5 Å². The van der Waals surface area contributed by atoms with Gasteiger partial charge in [-0.05, 0) is 44.4 Å². The van der Waals surface area contributed by atoms with Crippen LogP contribution in [0.5, 0.6) is 0 Å². The minimum absolute atomic E-state index is 0.208. The lowest BCUT2D eigenvalue weighted by Crippen LogP contribution is -2.30.